The third kappa shape index (κ3) is 6.27. The summed E-state index contributed by atoms with van der Waals surface area (Å²) < 4.78 is 10.3. The van der Waals surface area contributed by atoms with Crippen LogP contribution in [0.2, 0.25) is 0 Å². The van der Waals surface area contributed by atoms with Crippen molar-refractivity contribution in [2.75, 3.05) is 26.3 Å². The van der Waals surface area contributed by atoms with Gasteiger partial charge in [-0.1, -0.05) is 0 Å². The second-order valence-corrected chi connectivity index (χ2v) is 6.42. The highest BCUT2D eigenvalue weighted by molar-refractivity contribution is 5.81. The molecule has 0 aliphatic carbocycles. The minimum Gasteiger partial charge on any atom is -0.394 e. The number of carbonyl (C=O) groups is 1. The van der Waals surface area contributed by atoms with Crippen LogP contribution in [0.15, 0.2) is 0 Å². The first-order valence-corrected chi connectivity index (χ1v) is 8.78. The van der Waals surface area contributed by atoms with E-state index in [9.17, 15) is 40.5 Å². The van der Waals surface area contributed by atoms with Crippen molar-refractivity contribution in [3.8, 4) is 0 Å². The third-order valence-corrected chi connectivity index (χ3v) is 4.31. The van der Waals surface area contributed by atoms with Gasteiger partial charge in [0, 0.05) is 6.54 Å². The van der Waals surface area contributed by atoms with Crippen LogP contribution in [0, 0.1) is 0 Å². The molecule has 11 N–H and O–H groups in total. The molecule has 0 spiro atoms. The first-order chi connectivity index (χ1) is 13.2. The monoisotopic (exact) mass is 414 g/mol. The molecule has 1 rings (SSSR count). The van der Waals surface area contributed by atoms with E-state index < -0.39 is 74.2 Å². The van der Waals surface area contributed by atoms with Crippen LogP contribution in [0.1, 0.15) is 6.42 Å². The average molecular weight is 414 g/mol. The zero-order valence-electron chi connectivity index (χ0n) is 15.1. The SMILES string of the molecule is NCCCNC(=O)[C@H](O)[C@@H](O)[C@H](O[C@@H]1OC(CO)[C@H](O)[C@H](O)C1O)[C@H](O)CO. The lowest BCUT2D eigenvalue weighted by molar-refractivity contribution is -0.326. The Kier molecular flexibility index (Phi) is 10.6. The standard InChI is InChI=1S/C15H30N2O11/c16-2-1-3-17-14(26)11(24)10(23)13(6(20)4-18)28-15-12(25)9(22)8(21)7(5-19)27-15/h6-13,15,18-25H,1-5,16H2,(H,17,26)/t6-,7?,8+,9+,10-,11-,12?,13-,15+/m1/s1. The molecule has 1 aliphatic heterocycles. The smallest absolute Gasteiger partial charge is 0.251 e. The lowest BCUT2D eigenvalue weighted by Crippen LogP contribution is -2.62. The fourth-order valence-electron chi connectivity index (χ4n) is 2.59. The van der Waals surface area contributed by atoms with Crippen LogP contribution in [0.5, 0.6) is 0 Å². The van der Waals surface area contributed by atoms with Crippen molar-refractivity contribution >= 4 is 5.91 Å². The third-order valence-electron chi connectivity index (χ3n) is 4.31. The van der Waals surface area contributed by atoms with Crippen LogP contribution in [0.3, 0.4) is 0 Å². The molecule has 0 aromatic heterocycles. The van der Waals surface area contributed by atoms with Crippen molar-refractivity contribution in [3.05, 3.63) is 0 Å². The van der Waals surface area contributed by atoms with Crippen molar-refractivity contribution in [3.63, 3.8) is 0 Å². The summed E-state index contributed by atoms with van der Waals surface area (Å²) in [5.74, 6) is -0.992. The molecule has 166 valence electrons. The minimum absolute atomic E-state index is 0.125. The quantitative estimate of drug-likeness (QED) is 0.142. The molecular formula is C15H30N2O11. The Bertz CT molecular complexity index is 469. The van der Waals surface area contributed by atoms with Gasteiger partial charge < -0.3 is 61.4 Å². The van der Waals surface area contributed by atoms with Crippen molar-refractivity contribution in [1.82, 2.24) is 5.32 Å². The van der Waals surface area contributed by atoms with E-state index in [-0.39, 0.29) is 13.1 Å². The van der Waals surface area contributed by atoms with Crippen LogP contribution in [-0.2, 0) is 14.3 Å². The van der Waals surface area contributed by atoms with Crippen LogP contribution in [0.4, 0.5) is 0 Å². The van der Waals surface area contributed by atoms with Crippen LogP contribution in [0.25, 0.3) is 0 Å². The summed E-state index contributed by atoms with van der Waals surface area (Å²) in [5.41, 5.74) is 5.28. The minimum atomic E-state index is -2.08. The maximum Gasteiger partial charge on any atom is 0.251 e. The van der Waals surface area contributed by atoms with Gasteiger partial charge >= 0.3 is 0 Å². The van der Waals surface area contributed by atoms with E-state index in [1.807, 2.05) is 0 Å². The molecule has 1 fully saturated rings. The summed E-state index contributed by atoms with van der Waals surface area (Å²) in [6.07, 6.45) is -15.8. The van der Waals surface area contributed by atoms with E-state index in [1.165, 1.54) is 0 Å². The number of hydrogen-bond acceptors (Lipinski definition) is 12. The Morgan fingerprint density at radius 3 is 2.29 bits per heavy atom. The van der Waals surface area contributed by atoms with Gasteiger partial charge in [-0.25, -0.2) is 0 Å². The molecule has 0 bridgehead atoms. The van der Waals surface area contributed by atoms with Crippen molar-refractivity contribution in [1.29, 1.82) is 0 Å². The number of aliphatic hydroxyl groups excluding tert-OH is 8. The summed E-state index contributed by atoms with van der Waals surface area (Å²) in [4.78, 5) is 11.9. The Labute approximate surface area is 160 Å². The summed E-state index contributed by atoms with van der Waals surface area (Å²) in [7, 11) is 0. The van der Waals surface area contributed by atoms with Gasteiger partial charge in [0.1, 0.15) is 42.7 Å². The number of ether oxygens (including phenoxy) is 2. The van der Waals surface area contributed by atoms with Crippen LogP contribution in [-0.4, -0.2) is 128 Å². The molecule has 1 aliphatic rings. The predicted molar refractivity (Wildman–Crippen MR) is 90.4 cm³/mol. The molecule has 28 heavy (non-hydrogen) atoms. The van der Waals surface area contributed by atoms with Crippen molar-refractivity contribution in [2.45, 2.75) is 61.5 Å². The first kappa shape index (κ1) is 25.1. The summed E-state index contributed by atoms with van der Waals surface area (Å²) in [6.45, 7) is -1.28. The summed E-state index contributed by atoms with van der Waals surface area (Å²) in [5, 5.41) is 80.2. The Morgan fingerprint density at radius 2 is 1.75 bits per heavy atom. The fourth-order valence-corrected chi connectivity index (χ4v) is 2.59. The van der Waals surface area contributed by atoms with Crippen LogP contribution >= 0.6 is 0 Å². The fraction of sp³-hybridized carbons (Fsp3) is 0.933. The molecule has 0 aromatic rings. The van der Waals surface area contributed by atoms with Crippen molar-refractivity contribution in [2.24, 2.45) is 5.73 Å². The maximum atomic E-state index is 11.9. The molecule has 13 nitrogen and oxygen atoms in total. The highest BCUT2D eigenvalue weighted by atomic mass is 16.7. The van der Waals surface area contributed by atoms with Gasteiger partial charge in [-0.05, 0) is 13.0 Å². The average Bonchev–Trinajstić information content (AvgIpc) is 2.70. The molecule has 9 atom stereocenters. The van der Waals surface area contributed by atoms with Gasteiger partial charge in [0.25, 0.3) is 5.91 Å². The maximum absolute atomic E-state index is 11.9. The topological polar surface area (TPSA) is 235 Å². The number of aliphatic hydroxyl groups is 8. The Hall–Kier alpha value is -0.970. The van der Waals surface area contributed by atoms with Gasteiger partial charge in [-0.2, -0.15) is 0 Å². The number of carbonyl (C=O) groups excluding carboxylic acids is 1. The molecule has 1 saturated heterocycles. The van der Waals surface area contributed by atoms with E-state index in [0.717, 1.165) is 0 Å². The first-order valence-electron chi connectivity index (χ1n) is 8.78. The van der Waals surface area contributed by atoms with Gasteiger partial charge in [-0.15, -0.1) is 0 Å². The molecule has 1 heterocycles. The zero-order valence-corrected chi connectivity index (χ0v) is 15.1. The molecule has 0 radical (unpaired) electrons. The summed E-state index contributed by atoms with van der Waals surface area (Å²) in [6, 6.07) is 0. The van der Waals surface area contributed by atoms with Gasteiger partial charge in [0.2, 0.25) is 0 Å². The highest BCUT2D eigenvalue weighted by Crippen LogP contribution is 2.25. The highest BCUT2D eigenvalue weighted by Gasteiger charge is 2.47. The normalized spacial score (nSPS) is 32.4. The predicted octanol–water partition coefficient (Wildman–Crippen LogP) is -6.29. The van der Waals surface area contributed by atoms with Crippen molar-refractivity contribution < 1.29 is 55.1 Å². The number of hydrogen-bond donors (Lipinski definition) is 10. The number of nitrogens with one attached hydrogen (secondary N) is 1. The van der Waals surface area contributed by atoms with Gasteiger partial charge in [0.05, 0.1) is 13.2 Å². The van der Waals surface area contributed by atoms with Gasteiger partial charge in [-0.3, -0.25) is 4.79 Å². The molecule has 1 amide bonds. The molecular weight excluding hydrogens is 384 g/mol. The van der Waals surface area contributed by atoms with E-state index in [2.05, 4.69) is 5.32 Å². The molecule has 13 heteroatoms. The Morgan fingerprint density at radius 1 is 1.11 bits per heavy atom. The largest absolute Gasteiger partial charge is 0.394 e. The second kappa shape index (κ2) is 11.9. The van der Waals surface area contributed by atoms with Gasteiger partial charge in [0.15, 0.2) is 12.4 Å². The molecule has 2 unspecified atom stereocenters. The number of rotatable bonds is 11. The van der Waals surface area contributed by atoms with Crippen LogP contribution < -0.4 is 11.1 Å². The second-order valence-electron chi connectivity index (χ2n) is 6.42. The number of amides is 1. The molecule has 0 aromatic carbocycles. The van der Waals surface area contributed by atoms with E-state index in [1.54, 1.807) is 0 Å². The number of nitrogens with two attached hydrogens (primary N) is 1. The lowest BCUT2D eigenvalue weighted by Gasteiger charge is -2.42. The van der Waals surface area contributed by atoms with E-state index in [4.69, 9.17) is 20.3 Å². The molecule has 0 saturated carbocycles. The zero-order chi connectivity index (χ0) is 21.4. The van der Waals surface area contributed by atoms with E-state index in [0.29, 0.717) is 6.42 Å². The van der Waals surface area contributed by atoms with E-state index >= 15 is 0 Å². The summed E-state index contributed by atoms with van der Waals surface area (Å²) >= 11 is 0. The lowest BCUT2D eigenvalue weighted by atomic mass is 9.98. The Balaban J connectivity index is 2.88.